The van der Waals surface area contributed by atoms with Crippen molar-refractivity contribution >= 4 is 48.2 Å². The molecule has 1 fully saturated rings. The lowest BCUT2D eigenvalue weighted by Gasteiger charge is -2.19. The van der Waals surface area contributed by atoms with E-state index in [9.17, 15) is 21.6 Å². The molecule has 224 valence electrons. The summed E-state index contributed by atoms with van der Waals surface area (Å²) in [4.78, 5) is 15.4. The maximum Gasteiger partial charge on any atom is 0.284 e. The second-order valence-electron chi connectivity index (χ2n) is 10.6. The van der Waals surface area contributed by atoms with Gasteiger partial charge in [0.05, 0.1) is 9.79 Å². The Labute approximate surface area is 252 Å². The van der Waals surface area contributed by atoms with Gasteiger partial charge in [-0.25, -0.2) is 8.42 Å². The second kappa shape index (κ2) is 13.1. The van der Waals surface area contributed by atoms with Crippen molar-refractivity contribution in [3.63, 3.8) is 0 Å². The normalized spacial score (nSPS) is 16.1. The van der Waals surface area contributed by atoms with Gasteiger partial charge in [-0.3, -0.25) is 4.79 Å². The summed E-state index contributed by atoms with van der Waals surface area (Å²) in [6, 6.07) is 25.9. The molecule has 2 N–H and O–H groups in total. The average molecular weight is 619 g/mol. The Morgan fingerprint density at radius 2 is 1.56 bits per heavy atom. The first-order chi connectivity index (χ1) is 20.6. The Morgan fingerprint density at radius 1 is 0.814 bits per heavy atom. The van der Waals surface area contributed by atoms with Crippen molar-refractivity contribution in [3.8, 4) is 0 Å². The fourth-order valence-corrected chi connectivity index (χ4v) is 7.40. The van der Waals surface area contributed by atoms with Crippen LogP contribution < -0.4 is 10.0 Å². The van der Waals surface area contributed by atoms with Gasteiger partial charge in [-0.05, 0) is 65.9 Å². The fourth-order valence-electron chi connectivity index (χ4n) is 5.03. The number of carbonyl (C=O) groups excluding carboxylic acids is 1. The SMILES string of the molecule is CN1CCCCC/C1=N\S(=O)(=O)c1cccc(NC(=O)C(Cc2ccccc2)NS(=O)(=O)c2ccc3ccccc3c2)c1. The molecule has 43 heavy (non-hydrogen) atoms. The Hall–Kier alpha value is -4.06. The maximum absolute atomic E-state index is 13.6. The van der Waals surface area contributed by atoms with Gasteiger partial charge in [0.2, 0.25) is 15.9 Å². The molecular weight excluding hydrogens is 585 g/mol. The molecule has 11 heteroatoms. The number of anilines is 1. The van der Waals surface area contributed by atoms with E-state index in [-0.39, 0.29) is 21.9 Å². The molecule has 1 saturated heterocycles. The van der Waals surface area contributed by atoms with Crippen LogP contribution in [0.5, 0.6) is 0 Å². The summed E-state index contributed by atoms with van der Waals surface area (Å²) < 4.78 is 60.0. The molecule has 1 aliphatic heterocycles. The van der Waals surface area contributed by atoms with Crippen molar-refractivity contribution in [2.45, 2.75) is 47.9 Å². The molecular formula is C32H34N4O5S2. The van der Waals surface area contributed by atoms with Crippen LogP contribution in [0.2, 0.25) is 0 Å². The molecule has 1 unspecified atom stereocenters. The van der Waals surface area contributed by atoms with Crippen molar-refractivity contribution in [1.29, 1.82) is 0 Å². The van der Waals surface area contributed by atoms with Crippen molar-refractivity contribution in [2.75, 3.05) is 18.9 Å². The Morgan fingerprint density at radius 3 is 2.35 bits per heavy atom. The van der Waals surface area contributed by atoms with Gasteiger partial charge in [0.25, 0.3) is 10.0 Å². The zero-order valence-electron chi connectivity index (χ0n) is 23.8. The summed E-state index contributed by atoms with van der Waals surface area (Å²) in [6.45, 7) is 0.738. The molecule has 0 spiro atoms. The second-order valence-corrected chi connectivity index (χ2v) is 13.9. The highest BCUT2D eigenvalue weighted by molar-refractivity contribution is 7.90. The zero-order chi connectivity index (χ0) is 30.5. The number of rotatable bonds is 9. The molecule has 0 radical (unpaired) electrons. The van der Waals surface area contributed by atoms with E-state index in [2.05, 4.69) is 14.4 Å². The summed E-state index contributed by atoms with van der Waals surface area (Å²) in [6.07, 6.45) is 3.51. The van der Waals surface area contributed by atoms with E-state index < -0.39 is 32.0 Å². The number of carbonyl (C=O) groups is 1. The molecule has 0 saturated carbocycles. The number of hydrogen-bond acceptors (Lipinski definition) is 5. The third-order valence-corrected chi connectivity index (χ3v) is 10.2. The van der Waals surface area contributed by atoms with Crippen molar-refractivity contribution in [2.24, 2.45) is 4.40 Å². The van der Waals surface area contributed by atoms with E-state index in [1.807, 2.05) is 66.5 Å². The Kier molecular flexibility index (Phi) is 9.24. The van der Waals surface area contributed by atoms with Gasteiger partial charge in [-0.15, -0.1) is 4.40 Å². The van der Waals surface area contributed by atoms with Gasteiger partial charge in [0.1, 0.15) is 11.9 Å². The lowest BCUT2D eigenvalue weighted by molar-refractivity contribution is -0.117. The van der Waals surface area contributed by atoms with Crippen LogP contribution in [-0.4, -0.2) is 53.1 Å². The van der Waals surface area contributed by atoms with E-state index in [0.29, 0.717) is 12.3 Å². The van der Waals surface area contributed by atoms with Crippen LogP contribution in [-0.2, 0) is 31.3 Å². The average Bonchev–Trinajstić information content (AvgIpc) is 3.20. The number of amides is 1. The molecule has 1 amide bonds. The van der Waals surface area contributed by atoms with E-state index in [1.54, 1.807) is 18.2 Å². The first kappa shape index (κ1) is 30.4. The highest BCUT2D eigenvalue weighted by Crippen LogP contribution is 2.22. The third kappa shape index (κ3) is 7.67. The van der Waals surface area contributed by atoms with Crippen molar-refractivity contribution in [1.82, 2.24) is 9.62 Å². The van der Waals surface area contributed by atoms with E-state index >= 15 is 0 Å². The minimum atomic E-state index is -4.09. The largest absolute Gasteiger partial charge is 0.362 e. The fraction of sp³-hybridized carbons (Fsp3) is 0.250. The summed E-state index contributed by atoms with van der Waals surface area (Å²) >= 11 is 0. The number of nitrogens with one attached hydrogen (secondary N) is 2. The van der Waals surface area contributed by atoms with E-state index in [0.717, 1.165) is 42.1 Å². The topological polar surface area (TPSA) is 125 Å². The molecule has 4 aromatic rings. The van der Waals surface area contributed by atoms with Gasteiger partial charge in [-0.1, -0.05) is 73.2 Å². The van der Waals surface area contributed by atoms with Crippen molar-refractivity contribution < 1.29 is 21.6 Å². The number of likely N-dealkylation sites (tertiary alicyclic amines) is 1. The standard InChI is InChI=1S/C32H34N4O5S2/c1-36-20-9-3-6-17-31(36)35-43(40,41)28-16-10-15-27(23-28)33-32(37)30(21-24-11-4-2-5-12-24)34-42(38,39)29-19-18-25-13-7-8-14-26(25)22-29/h2,4-5,7-8,10-16,18-19,22-23,30,34H,3,6,9,17,20-21H2,1H3,(H,33,37)/b35-31+. The van der Waals surface area contributed by atoms with Gasteiger partial charge < -0.3 is 10.2 Å². The van der Waals surface area contributed by atoms with Gasteiger partial charge in [-0.2, -0.15) is 13.1 Å². The monoisotopic (exact) mass is 618 g/mol. The van der Waals surface area contributed by atoms with Crippen LogP contribution in [0.1, 0.15) is 31.2 Å². The van der Waals surface area contributed by atoms with Crippen LogP contribution in [0.25, 0.3) is 10.8 Å². The van der Waals surface area contributed by atoms with Crippen LogP contribution >= 0.6 is 0 Å². The number of benzene rings is 4. The third-order valence-electron chi connectivity index (χ3n) is 7.39. The number of amidine groups is 1. The van der Waals surface area contributed by atoms with Gasteiger partial charge in [0, 0.05) is 25.7 Å². The molecule has 1 heterocycles. The number of fused-ring (bicyclic) bond motifs is 1. The lowest BCUT2D eigenvalue weighted by Crippen LogP contribution is -2.45. The van der Waals surface area contributed by atoms with Crippen molar-refractivity contribution in [3.05, 3.63) is 103 Å². The lowest BCUT2D eigenvalue weighted by atomic mass is 10.1. The summed E-state index contributed by atoms with van der Waals surface area (Å²) in [5.74, 6) is -0.115. The first-order valence-electron chi connectivity index (χ1n) is 14.1. The quantitative estimate of drug-likeness (QED) is 0.273. The van der Waals surface area contributed by atoms with Crippen LogP contribution in [0, 0.1) is 0 Å². The van der Waals surface area contributed by atoms with Gasteiger partial charge in [0.15, 0.2) is 0 Å². The molecule has 1 aliphatic rings. The Bertz CT molecular complexity index is 1860. The molecule has 0 aliphatic carbocycles. The molecule has 0 aromatic heterocycles. The van der Waals surface area contributed by atoms with E-state index in [1.165, 1.54) is 24.3 Å². The minimum absolute atomic E-state index is 0.0349. The minimum Gasteiger partial charge on any atom is -0.362 e. The first-order valence-corrected chi connectivity index (χ1v) is 17.0. The summed E-state index contributed by atoms with van der Waals surface area (Å²) in [7, 11) is -6.29. The predicted molar refractivity (Wildman–Crippen MR) is 169 cm³/mol. The van der Waals surface area contributed by atoms with Crippen LogP contribution in [0.4, 0.5) is 5.69 Å². The molecule has 1 atom stereocenters. The smallest absolute Gasteiger partial charge is 0.284 e. The van der Waals surface area contributed by atoms with E-state index in [4.69, 9.17) is 0 Å². The zero-order valence-corrected chi connectivity index (χ0v) is 25.4. The maximum atomic E-state index is 13.6. The highest BCUT2D eigenvalue weighted by atomic mass is 32.2. The molecule has 5 rings (SSSR count). The molecule has 4 aromatic carbocycles. The highest BCUT2D eigenvalue weighted by Gasteiger charge is 2.27. The Balaban J connectivity index is 1.40. The predicted octanol–water partition coefficient (Wildman–Crippen LogP) is 4.96. The number of nitrogens with zero attached hydrogens (tertiary/aromatic N) is 2. The van der Waals surface area contributed by atoms with Crippen LogP contribution in [0.3, 0.4) is 0 Å². The summed E-state index contributed by atoms with van der Waals surface area (Å²) in [5, 5.41) is 4.36. The van der Waals surface area contributed by atoms with Crippen LogP contribution in [0.15, 0.2) is 111 Å². The molecule has 9 nitrogen and oxygen atoms in total. The van der Waals surface area contributed by atoms with Gasteiger partial charge >= 0.3 is 0 Å². The molecule has 0 bridgehead atoms. The number of hydrogen-bond donors (Lipinski definition) is 2. The number of sulfonamides is 2. The summed E-state index contributed by atoms with van der Waals surface area (Å²) in [5.41, 5.74) is 0.965.